The number of thioether (sulfide) groups is 1. The molecule has 0 heterocycles. The van der Waals surface area contributed by atoms with E-state index >= 15 is 0 Å². The van der Waals surface area contributed by atoms with Crippen molar-refractivity contribution < 1.29 is 72.1 Å². The van der Waals surface area contributed by atoms with E-state index in [0.29, 0.717) is 0 Å². The highest BCUT2D eigenvalue weighted by Gasteiger charge is 2.91. The van der Waals surface area contributed by atoms with Crippen molar-refractivity contribution in [1.29, 1.82) is 0 Å². The number of nitrogens with one attached hydrogen (secondary N) is 1. The molecule has 0 saturated heterocycles. The highest BCUT2D eigenvalue weighted by atomic mass is 32.2. The molecule has 0 radical (unpaired) electrons. The van der Waals surface area contributed by atoms with Crippen LogP contribution >= 0.6 is 11.8 Å². The summed E-state index contributed by atoms with van der Waals surface area (Å²) in [5.41, 5.74) is 0. The second kappa shape index (κ2) is 9.36. The number of carboxylic acids is 1. The number of alkyl halides is 13. The molecule has 0 amide bonds. The quantitative estimate of drug-likeness (QED) is 0.347. The smallest absolute Gasteiger partial charge is 0.460 e. The summed E-state index contributed by atoms with van der Waals surface area (Å²) in [6.45, 7) is -1.95. The summed E-state index contributed by atoms with van der Waals surface area (Å²) in [6, 6.07) is -1.82. The third-order valence-electron chi connectivity index (χ3n) is 3.84. The number of aliphatic carboxylic acids is 1. The van der Waals surface area contributed by atoms with Gasteiger partial charge in [-0.25, -0.2) is 0 Å². The Balaban J connectivity index is 5.91. The van der Waals surface area contributed by atoms with E-state index in [4.69, 9.17) is 10.2 Å². The molecule has 3 N–H and O–H groups in total. The fraction of sp³-hybridized carbons (Fsp3) is 0.923. The lowest BCUT2D eigenvalue weighted by molar-refractivity contribution is -0.444. The van der Waals surface area contributed by atoms with Gasteiger partial charge >= 0.3 is 41.8 Å². The van der Waals surface area contributed by atoms with Crippen LogP contribution < -0.4 is 5.32 Å². The number of aliphatic hydroxyl groups is 1. The predicted octanol–water partition coefficient (Wildman–Crippen LogP) is 3.88. The molecule has 0 fully saturated rings. The second-order valence-electron chi connectivity index (χ2n) is 6.01. The molecule has 0 rings (SSSR count). The lowest BCUT2D eigenvalue weighted by Gasteiger charge is -2.40. The maximum atomic E-state index is 13.7. The van der Waals surface area contributed by atoms with E-state index in [1.807, 2.05) is 0 Å². The molecular formula is C13H14F13NO3S. The van der Waals surface area contributed by atoms with Crippen LogP contribution in [0, 0.1) is 0 Å². The van der Waals surface area contributed by atoms with E-state index in [1.165, 1.54) is 11.6 Å². The molecule has 0 aromatic rings. The molecule has 4 nitrogen and oxygen atoms in total. The summed E-state index contributed by atoms with van der Waals surface area (Å²) >= 11 is 1.02. The zero-order valence-corrected chi connectivity index (χ0v) is 15.7. The molecule has 2 atom stereocenters. The molecule has 0 bridgehead atoms. The summed E-state index contributed by atoms with van der Waals surface area (Å²) in [4.78, 5) is 10.9. The van der Waals surface area contributed by atoms with Gasteiger partial charge in [-0.2, -0.15) is 68.8 Å². The van der Waals surface area contributed by atoms with Crippen molar-refractivity contribution in [1.82, 2.24) is 5.32 Å². The van der Waals surface area contributed by atoms with Gasteiger partial charge in [-0.3, -0.25) is 4.79 Å². The van der Waals surface area contributed by atoms with Crippen molar-refractivity contribution in [3.05, 3.63) is 0 Å². The summed E-state index contributed by atoms with van der Waals surface area (Å²) in [6.07, 6.45) is -10.5. The van der Waals surface area contributed by atoms with Gasteiger partial charge in [0.05, 0.1) is 0 Å². The van der Waals surface area contributed by atoms with E-state index in [2.05, 4.69) is 0 Å². The lowest BCUT2D eigenvalue weighted by Crippen LogP contribution is -2.72. The summed E-state index contributed by atoms with van der Waals surface area (Å²) in [5, 5.41) is 19.4. The van der Waals surface area contributed by atoms with E-state index in [-0.39, 0.29) is 12.2 Å². The monoisotopic (exact) mass is 511 g/mol. The first-order chi connectivity index (χ1) is 13.5. The Morgan fingerprint density at radius 3 is 1.61 bits per heavy atom. The van der Waals surface area contributed by atoms with Gasteiger partial charge in [0.15, 0.2) is 0 Å². The van der Waals surface area contributed by atoms with Crippen LogP contribution in [0.25, 0.3) is 0 Å². The Morgan fingerprint density at radius 2 is 1.26 bits per heavy atom. The number of aliphatic hydroxyl groups excluding tert-OH is 1. The number of hydrogen-bond acceptors (Lipinski definition) is 4. The fourth-order valence-electron chi connectivity index (χ4n) is 1.92. The summed E-state index contributed by atoms with van der Waals surface area (Å²) in [5.74, 6) is -40.1. The van der Waals surface area contributed by atoms with Gasteiger partial charge in [0.2, 0.25) is 0 Å². The Hall–Kier alpha value is -1.17. The van der Waals surface area contributed by atoms with E-state index in [0.717, 1.165) is 11.8 Å². The number of hydrogen-bond donors (Lipinski definition) is 3. The van der Waals surface area contributed by atoms with Gasteiger partial charge in [0, 0.05) is 6.54 Å². The molecular weight excluding hydrogens is 497 g/mol. The third kappa shape index (κ3) is 5.26. The number of carboxylic acid groups (broad SMARTS) is 1. The maximum absolute atomic E-state index is 13.7. The topological polar surface area (TPSA) is 69.6 Å². The molecule has 0 aliphatic carbocycles. The Kier molecular flexibility index (Phi) is 9.01. The van der Waals surface area contributed by atoms with Crippen molar-refractivity contribution >= 4 is 17.7 Å². The van der Waals surface area contributed by atoms with Crippen LogP contribution in [0.3, 0.4) is 0 Å². The van der Waals surface area contributed by atoms with Crippen LogP contribution in [0.15, 0.2) is 0 Å². The molecule has 0 aromatic carbocycles. The van der Waals surface area contributed by atoms with Gasteiger partial charge in [0.1, 0.15) is 12.1 Å². The minimum atomic E-state index is -8.07. The normalized spacial score (nSPS) is 16.9. The van der Waals surface area contributed by atoms with Crippen molar-refractivity contribution in [2.45, 2.75) is 54.4 Å². The summed E-state index contributed by atoms with van der Waals surface area (Å²) in [7, 11) is 0. The summed E-state index contributed by atoms with van der Waals surface area (Å²) < 4.78 is 169. The van der Waals surface area contributed by atoms with Gasteiger partial charge < -0.3 is 15.5 Å². The average Bonchev–Trinajstić information content (AvgIpc) is 2.59. The molecule has 0 unspecified atom stereocenters. The highest BCUT2D eigenvalue weighted by Crippen LogP contribution is 2.60. The number of halogens is 13. The Morgan fingerprint density at radius 1 is 0.839 bits per heavy atom. The largest absolute Gasteiger partial charge is 0.480 e. The van der Waals surface area contributed by atoms with Crippen molar-refractivity contribution in [2.75, 3.05) is 18.6 Å². The maximum Gasteiger partial charge on any atom is 0.460 e. The van der Waals surface area contributed by atoms with Crippen LogP contribution in [-0.2, 0) is 4.79 Å². The fourth-order valence-corrected chi connectivity index (χ4v) is 2.39. The second-order valence-corrected chi connectivity index (χ2v) is 7.00. The number of rotatable bonds is 12. The first kappa shape index (κ1) is 29.8. The van der Waals surface area contributed by atoms with Crippen molar-refractivity contribution in [2.24, 2.45) is 0 Å². The minimum absolute atomic E-state index is 0.0312. The van der Waals surface area contributed by atoms with Gasteiger partial charge in [-0.05, 0) is 18.4 Å². The van der Waals surface area contributed by atoms with Gasteiger partial charge in [-0.1, -0.05) is 0 Å². The van der Waals surface area contributed by atoms with Crippen LogP contribution in [0.4, 0.5) is 57.1 Å². The van der Waals surface area contributed by atoms with Crippen LogP contribution in [-0.4, -0.2) is 82.7 Å². The predicted molar refractivity (Wildman–Crippen MR) is 79.2 cm³/mol. The minimum Gasteiger partial charge on any atom is -0.480 e. The zero-order valence-electron chi connectivity index (χ0n) is 14.9. The zero-order chi connectivity index (χ0) is 25.3. The molecule has 0 spiro atoms. The first-order valence-electron chi connectivity index (χ1n) is 7.63. The van der Waals surface area contributed by atoms with E-state index < -0.39 is 60.4 Å². The SMILES string of the molecule is CSCC[C@H](NC[C@@H](O)C(F)(F)C(F)(F)C(F)(F)C(F)(F)C(F)(F)C(F)(F)F)C(=O)O. The molecule has 0 saturated carbocycles. The first-order valence-corrected chi connectivity index (χ1v) is 9.02. The molecule has 18 heteroatoms. The molecule has 0 aliphatic heterocycles. The van der Waals surface area contributed by atoms with E-state index in [9.17, 15) is 61.9 Å². The Bertz CT molecular complexity index is 626. The third-order valence-corrected chi connectivity index (χ3v) is 4.49. The van der Waals surface area contributed by atoms with Crippen molar-refractivity contribution in [3.8, 4) is 0 Å². The van der Waals surface area contributed by atoms with Gasteiger partial charge in [-0.15, -0.1) is 0 Å². The number of carbonyl (C=O) groups is 1. The van der Waals surface area contributed by atoms with Crippen molar-refractivity contribution in [3.63, 3.8) is 0 Å². The van der Waals surface area contributed by atoms with Crippen LogP contribution in [0.5, 0.6) is 0 Å². The molecule has 31 heavy (non-hydrogen) atoms. The Labute approximate surface area is 169 Å². The van der Waals surface area contributed by atoms with E-state index in [1.54, 1.807) is 0 Å². The lowest BCUT2D eigenvalue weighted by atomic mass is 9.91. The molecule has 0 aliphatic rings. The highest BCUT2D eigenvalue weighted by molar-refractivity contribution is 7.98. The molecule has 0 aromatic heterocycles. The molecule has 186 valence electrons. The average molecular weight is 511 g/mol. The van der Waals surface area contributed by atoms with Crippen LogP contribution in [0.1, 0.15) is 6.42 Å². The van der Waals surface area contributed by atoms with Crippen LogP contribution in [0.2, 0.25) is 0 Å². The van der Waals surface area contributed by atoms with Gasteiger partial charge in [0.25, 0.3) is 0 Å². The standard InChI is InChI=1S/C13H14F13NO3S/c1-31-3-2-5(7(29)30)27-4-6(28)8(14,15)9(16,17)10(18,19)11(20,21)12(22,23)13(24,25)26/h5-6,27-28H,2-4H2,1H3,(H,29,30)/t5-,6+/m0/s1.